The number of piperidine rings is 2. The van der Waals surface area contributed by atoms with Gasteiger partial charge < -0.3 is 29.7 Å². The minimum Gasteiger partial charge on any atom is -0.508 e. The molecule has 3 saturated heterocycles. The maximum atomic E-state index is 16.1. The molecule has 3 aromatic carbocycles. The topological polar surface area (TPSA) is 137 Å². The molecule has 6 heterocycles. The number of nitrogens with zero attached hydrogens (tertiary/aromatic N) is 4. The number of imide groups is 1. The third-order valence-electron chi connectivity index (χ3n) is 12.1. The number of piperazine rings is 1. The smallest absolute Gasteiger partial charge is 0.270 e. The highest BCUT2D eigenvalue weighted by Gasteiger charge is 2.37. The Morgan fingerprint density at radius 3 is 2.52 bits per heavy atom. The Labute approximate surface area is 324 Å². The Morgan fingerprint density at radius 1 is 0.893 bits per heavy atom. The molecule has 5 aliphatic heterocycles. The number of halogens is 1. The van der Waals surface area contributed by atoms with E-state index in [-0.39, 0.29) is 53.9 Å². The summed E-state index contributed by atoms with van der Waals surface area (Å²) in [6.45, 7) is 6.00. The van der Waals surface area contributed by atoms with Crippen molar-refractivity contribution >= 4 is 29.1 Å². The number of carbonyl (C=O) groups excluding carboxylic acids is 3. The number of phenolic OH excluding ortho intramolecular Hbond substituents is 1. The number of aromatic nitrogens is 1. The van der Waals surface area contributed by atoms with Gasteiger partial charge in [-0.2, -0.15) is 0 Å². The van der Waals surface area contributed by atoms with Crippen molar-refractivity contribution in [3.63, 3.8) is 0 Å². The third kappa shape index (κ3) is 7.11. The van der Waals surface area contributed by atoms with Crippen LogP contribution in [-0.4, -0.2) is 97.3 Å². The fourth-order valence-electron chi connectivity index (χ4n) is 9.16. The summed E-state index contributed by atoms with van der Waals surface area (Å²) in [5.41, 5.74) is 4.63. The average Bonchev–Trinajstić information content (AvgIpc) is 3.21. The van der Waals surface area contributed by atoms with Gasteiger partial charge in [0.25, 0.3) is 5.91 Å². The molecule has 5 aliphatic rings. The number of nitrogens with one attached hydrogen (secondary N) is 2. The molecule has 0 saturated carbocycles. The second-order valence-corrected chi connectivity index (χ2v) is 15.6. The molecule has 0 bridgehead atoms. The molecule has 0 radical (unpaired) electrons. The van der Waals surface area contributed by atoms with Crippen molar-refractivity contribution in [1.82, 2.24) is 20.5 Å². The van der Waals surface area contributed by atoms with Crippen molar-refractivity contribution in [2.75, 3.05) is 62.3 Å². The van der Waals surface area contributed by atoms with Crippen LogP contribution in [0.25, 0.3) is 0 Å². The van der Waals surface area contributed by atoms with Gasteiger partial charge in [0.15, 0.2) is 0 Å². The average molecular weight is 761 g/mol. The van der Waals surface area contributed by atoms with Crippen LogP contribution < -0.4 is 29.9 Å². The number of aromatic hydroxyl groups is 1. The van der Waals surface area contributed by atoms with Crippen LogP contribution in [0.15, 0.2) is 78.9 Å². The van der Waals surface area contributed by atoms with E-state index in [0.717, 1.165) is 74.5 Å². The molecule has 13 heteroatoms. The summed E-state index contributed by atoms with van der Waals surface area (Å²) in [5.74, 6) is 0.0385. The molecule has 56 heavy (non-hydrogen) atoms. The molecule has 1 aromatic heterocycles. The van der Waals surface area contributed by atoms with Gasteiger partial charge in [-0.15, -0.1) is 0 Å². The summed E-state index contributed by atoms with van der Waals surface area (Å²) < 4.78 is 28.3. The number of anilines is 2. The normalized spacial score (nSPS) is 23.9. The summed E-state index contributed by atoms with van der Waals surface area (Å²) in [6.07, 6.45) is 2.39. The number of hydrogen-bond donors (Lipinski definition) is 3. The van der Waals surface area contributed by atoms with Crippen molar-refractivity contribution in [2.45, 2.75) is 49.6 Å². The number of pyridine rings is 1. The Kier molecular flexibility index (Phi) is 9.70. The molecule has 3 amide bonds. The van der Waals surface area contributed by atoms with Gasteiger partial charge in [0.1, 0.15) is 41.3 Å². The molecule has 4 aromatic rings. The quantitative estimate of drug-likeness (QED) is 0.230. The number of amides is 3. The first kappa shape index (κ1) is 36.0. The van der Waals surface area contributed by atoms with E-state index in [4.69, 9.17) is 9.47 Å². The van der Waals surface area contributed by atoms with E-state index in [1.165, 1.54) is 0 Å². The molecular weight excluding hydrogens is 716 g/mol. The fourth-order valence-corrected chi connectivity index (χ4v) is 9.16. The summed E-state index contributed by atoms with van der Waals surface area (Å²) in [7, 11) is 0. The van der Waals surface area contributed by atoms with Crippen molar-refractivity contribution in [1.29, 1.82) is 0 Å². The lowest BCUT2D eigenvalue weighted by Gasteiger charge is -2.46. The third-order valence-corrected chi connectivity index (χ3v) is 12.1. The zero-order valence-electron chi connectivity index (χ0n) is 31.0. The Hall–Kier alpha value is -5.69. The first-order valence-corrected chi connectivity index (χ1v) is 19.6. The molecule has 0 spiro atoms. The second kappa shape index (κ2) is 15.1. The van der Waals surface area contributed by atoms with E-state index in [1.54, 1.807) is 24.3 Å². The largest absolute Gasteiger partial charge is 0.508 e. The van der Waals surface area contributed by atoms with Crippen LogP contribution in [0.1, 0.15) is 64.7 Å². The van der Waals surface area contributed by atoms with Gasteiger partial charge in [0, 0.05) is 69.2 Å². The molecule has 3 fully saturated rings. The van der Waals surface area contributed by atoms with Crippen molar-refractivity contribution in [3.05, 3.63) is 107 Å². The summed E-state index contributed by atoms with van der Waals surface area (Å²) >= 11 is 0. The lowest BCUT2D eigenvalue weighted by atomic mass is 9.76. The van der Waals surface area contributed by atoms with E-state index in [2.05, 4.69) is 48.5 Å². The lowest BCUT2D eigenvalue weighted by molar-refractivity contribution is -0.134. The number of carbonyl (C=O) groups is 3. The number of phenols is 1. The van der Waals surface area contributed by atoms with Crippen molar-refractivity contribution < 1.29 is 33.4 Å². The van der Waals surface area contributed by atoms with E-state index in [1.807, 2.05) is 36.4 Å². The van der Waals surface area contributed by atoms with E-state index in [0.29, 0.717) is 36.4 Å². The predicted molar refractivity (Wildman–Crippen MR) is 207 cm³/mol. The highest BCUT2D eigenvalue weighted by molar-refractivity contribution is 6.03. The Balaban J connectivity index is 0.802. The van der Waals surface area contributed by atoms with Crippen LogP contribution in [-0.2, 0) is 9.59 Å². The SMILES string of the molecule is O=C1CCC(NC(=O)c2ccc3c(n2)OC[C@H]2CN(CC4CCN(c5ccc([C@H]6c7ccc(O)cc7OC[C@H]6c6ccccc6)cc5F)CC4)CCN32)C(=O)N1. The number of benzene rings is 3. The maximum absolute atomic E-state index is 16.1. The maximum Gasteiger partial charge on any atom is 0.270 e. The standard InChI is InChI=1S/C43H45FN6O6/c44-33-20-28(40-31-8-7-30(51)21-38(31)55-25-32(40)27-4-2-1-3-5-27)6-11-36(33)49-16-14-26(15-17-49)22-48-18-19-50-29(23-48)24-56-43-37(50)12-9-35(46-43)41(53)45-34-10-13-39(52)47-42(34)54/h1-9,11-12,20-21,26,29,32,34,40,51H,10,13-19,22-25H2,(H,45,53)(H,47,52,54)/t29-,32+,34?,40+/m1/s1. The first-order chi connectivity index (χ1) is 27.3. The van der Waals surface area contributed by atoms with Gasteiger partial charge in [-0.05, 0) is 66.6 Å². The minimum atomic E-state index is -0.773. The molecule has 3 N–H and O–H groups in total. The molecular formula is C43H45FN6O6. The molecule has 4 atom stereocenters. The van der Waals surface area contributed by atoms with E-state index in [9.17, 15) is 19.5 Å². The van der Waals surface area contributed by atoms with Crippen LogP contribution in [0.5, 0.6) is 17.4 Å². The van der Waals surface area contributed by atoms with Gasteiger partial charge in [-0.1, -0.05) is 42.5 Å². The van der Waals surface area contributed by atoms with Gasteiger partial charge >= 0.3 is 0 Å². The van der Waals surface area contributed by atoms with Crippen LogP contribution in [0, 0.1) is 11.7 Å². The predicted octanol–water partition coefficient (Wildman–Crippen LogP) is 4.57. The Bertz CT molecular complexity index is 2140. The summed E-state index contributed by atoms with van der Waals surface area (Å²) in [4.78, 5) is 47.9. The fraction of sp³-hybridized carbons (Fsp3) is 0.395. The van der Waals surface area contributed by atoms with Gasteiger partial charge in [0.2, 0.25) is 17.7 Å². The lowest BCUT2D eigenvalue weighted by Crippen LogP contribution is -2.58. The summed E-state index contributed by atoms with van der Waals surface area (Å²) in [6, 6.07) is 24.0. The molecule has 1 unspecified atom stereocenters. The van der Waals surface area contributed by atoms with Gasteiger partial charge in [0.05, 0.1) is 18.3 Å². The van der Waals surface area contributed by atoms with E-state index >= 15 is 4.39 Å². The molecule has 0 aliphatic carbocycles. The minimum absolute atomic E-state index is 0.00211. The zero-order valence-corrected chi connectivity index (χ0v) is 31.0. The summed E-state index contributed by atoms with van der Waals surface area (Å²) in [5, 5.41) is 15.1. The monoisotopic (exact) mass is 760 g/mol. The van der Waals surface area contributed by atoms with Crippen LogP contribution in [0.2, 0.25) is 0 Å². The number of rotatable bonds is 7. The second-order valence-electron chi connectivity index (χ2n) is 15.6. The zero-order chi connectivity index (χ0) is 38.3. The first-order valence-electron chi connectivity index (χ1n) is 19.6. The molecule has 12 nitrogen and oxygen atoms in total. The molecule has 9 rings (SSSR count). The van der Waals surface area contributed by atoms with Crippen LogP contribution in [0.3, 0.4) is 0 Å². The molecule has 290 valence electrons. The van der Waals surface area contributed by atoms with Crippen LogP contribution in [0.4, 0.5) is 15.8 Å². The number of hydrogen-bond acceptors (Lipinski definition) is 10. The van der Waals surface area contributed by atoms with Crippen molar-refractivity contribution in [2.24, 2.45) is 5.92 Å². The van der Waals surface area contributed by atoms with E-state index < -0.39 is 17.9 Å². The van der Waals surface area contributed by atoms with Gasteiger partial charge in [-0.3, -0.25) is 24.6 Å². The van der Waals surface area contributed by atoms with Crippen molar-refractivity contribution in [3.8, 4) is 17.4 Å². The highest BCUT2D eigenvalue weighted by Crippen LogP contribution is 2.47. The van der Waals surface area contributed by atoms with Crippen LogP contribution >= 0.6 is 0 Å². The van der Waals surface area contributed by atoms with Gasteiger partial charge in [-0.25, -0.2) is 9.37 Å². The number of fused-ring (bicyclic) bond motifs is 4. The Morgan fingerprint density at radius 2 is 1.71 bits per heavy atom. The number of ether oxygens (including phenoxy) is 2. The highest BCUT2D eigenvalue weighted by atomic mass is 19.1.